The molecule has 1 N–H and O–H groups in total. The maximum absolute atomic E-state index is 13.0. The third kappa shape index (κ3) is 2.87. The van der Waals surface area contributed by atoms with Crippen molar-refractivity contribution in [2.45, 2.75) is 0 Å². The molecule has 0 aromatic heterocycles. The van der Waals surface area contributed by atoms with Crippen LogP contribution in [0.4, 0.5) is 4.39 Å². The van der Waals surface area contributed by atoms with Gasteiger partial charge in [0.2, 0.25) is 0 Å². The van der Waals surface area contributed by atoms with E-state index in [1.807, 2.05) is 0 Å². The molecular formula is C14H7ClFNO3. The Morgan fingerprint density at radius 1 is 1.25 bits per heavy atom. The predicted molar refractivity (Wildman–Crippen MR) is 69.6 cm³/mol. The lowest BCUT2D eigenvalue weighted by Crippen LogP contribution is -2.00. The maximum atomic E-state index is 13.0. The molecule has 4 nitrogen and oxygen atoms in total. The molecule has 2 aromatic carbocycles. The molecule has 2 aromatic rings. The van der Waals surface area contributed by atoms with Crippen molar-refractivity contribution in [1.82, 2.24) is 0 Å². The summed E-state index contributed by atoms with van der Waals surface area (Å²) in [7, 11) is 0. The Morgan fingerprint density at radius 2 is 1.95 bits per heavy atom. The van der Waals surface area contributed by atoms with E-state index < -0.39 is 11.8 Å². The molecule has 0 aliphatic heterocycles. The topological polar surface area (TPSA) is 70.3 Å². The number of carboxylic acids is 1. The van der Waals surface area contributed by atoms with E-state index in [0.29, 0.717) is 0 Å². The fourth-order valence-electron chi connectivity index (χ4n) is 1.56. The Hall–Kier alpha value is -2.58. The number of carboxylic acid groups (broad SMARTS) is 1. The Labute approximate surface area is 118 Å². The molecule has 0 bridgehead atoms. The molecule has 0 heterocycles. The molecule has 0 spiro atoms. The van der Waals surface area contributed by atoms with Crippen molar-refractivity contribution < 1.29 is 19.0 Å². The van der Waals surface area contributed by atoms with E-state index in [4.69, 9.17) is 26.7 Å². The Balaban J connectivity index is 2.45. The molecule has 100 valence electrons. The van der Waals surface area contributed by atoms with Crippen molar-refractivity contribution in [3.63, 3.8) is 0 Å². The van der Waals surface area contributed by atoms with Gasteiger partial charge < -0.3 is 9.84 Å². The first-order valence-corrected chi connectivity index (χ1v) is 5.79. The van der Waals surface area contributed by atoms with Gasteiger partial charge in [0, 0.05) is 5.02 Å². The van der Waals surface area contributed by atoms with E-state index in [9.17, 15) is 9.18 Å². The zero-order chi connectivity index (χ0) is 14.7. The van der Waals surface area contributed by atoms with Crippen LogP contribution in [0.25, 0.3) is 0 Å². The second kappa shape index (κ2) is 5.59. The van der Waals surface area contributed by atoms with Gasteiger partial charge in [-0.25, -0.2) is 9.18 Å². The molecule has 0 aliphatic carbocycles. The number of carbonyl (C=O) groups is 1. The van der Waals surface area contributed by atoms with Crippen molar-refractivity contribution in [3.05, 3.63) is 58.4 Å². The number of rotatable bonds is 3. The molecule has 0 saturated heterocycles. The van der Waals surface area contributed by atoms with Gasteiger partial charge in [-0.05, 0) is 36.4 Å². The fraction of sp³-hybridized carbons (Fsp3) is 0. The van der Waals surface area contributed by atoms with Crippen LogP contribution in [0.15, 0.2) is 36.4 Å². The van der Waals surface area contributed by atoms with Crippen LogP contribution in [0.3, 0.4) is 0 Å². The summed E-state index contributed by atoms with van der Waals surface area (Å²) in [4.78, 5) is 11.1. The minimum absolute atomic E-state index is 0.0185. The van der Waals surface area contributed by atoms with Crippen molar-refractivity contribution in [2.75, 3.05) is 0 Å². The Kier molecular flexibility index (Phi) is 3.87. The summed E-state index contributed by atoms with van der Waals surface area (Å²) in [5.74, 6) is -1.71. The highest BCUT2D eigenvalue weighted by Gasteiger charge is 2.14. The van der Waals surface area contributed by atoms with Crippen LogP contribution in [-0.4, -0.2) is 11.1 Å². The molecule has 0 atom stereocenters. The van der Waals surface area contributed by atoms with Crippen LogP contribution in [0, 0.1) is 17.1 Å². The number of aromatic carboxylic acids is 1. The minimum Gasteiger partial charge on any atom is -0.478 e. The lowest BCUT2D eigenvalue weighted by Gasteiger charge is -2.10. The molecule has 0 fully saturated rings. The molecule has 0 aliphatic rings. The normalized spacial score (nSPS) is 9.85. The van der Waals surface area contributed by atoms with Gasteiger partial charge in [0.1, 0.15) is 28.9 Å². The van der Waals surface area contributed by atoms with Gasteiger partial charge in [-0.2, -0.15) is 5.26 Å². The number of hydrogen-bond acceptors (Lipinski definition) is 3. The van der Waals surface area contributed by atoms with Crippen LogP contribution in [-0.2, 0) is 0 Å². The number of nitriles is 1. The highest BCUT2D eigenvalue weighted by Crippen LogP contribution is 2.30. The average Bonchev–Trinajstić information content (AvgIpc) is 2.42. The van der Waals surface area contributed by atoms with Gasteiger partial charge in [-0.15, -0.1) is 0 Å². The molecule has 20 heavy (non-hydrogen) atoms. The first-order chi connectivity index (χ1) is 9.51. The summed E-state index contributed by atoms with van der Waals surface area (Å²) < 4.78 is 18.4. The third-order valence-corrected chi connectivity index (χ3v) is 2.69. The van der Waals surface area contributed by atoms with Crippen molar-refractivity contribution in [3.8, 4) is 17.6 Å². The fourth-order valence-corrected chi connectivity index (χ4v) is 1.73. The number of halogens is 2. The molecule has 0 unspecified atom stereocenters. The van der Waals surface area contributed by atoms with Crippen LogP contribution < -0.4 is 4.74 Å². The third-order valence-electron chi connectivity index (χ3n) is 2.45. The van der Waals surface area contributed by atoms with Gasteiger partial charge in [0.05, 0.1) is 5.56 Å². The highest BCUT2D eigenvalue weighted by atomic mass is 35.5. The summed E-state index contributed by atoms with van der Waals surface area (Å²) in [5.41, 5.74) is -0.179. The second-order valence-corrected chi connectivity index (χ2v) is 4.24. The van der Waals surface area contributed by atoms with Crippen LogP contribution in [0.5, 0.6) is 11.5 Å². The number of benzene rings is 2. The smallest absolute Gasteiger partial charge is 0.339 e. The molecule has 2 rings (SSSR count). The zero-order valence-corrected chi connectivity index (χ0v) is 10.7. The summed E-state index contributed by atoms with van der Waals surface area (Å²) in [6, 6.07) is 9.22. The van der Waals surface area contributed by atoms with Crippen LogP contribution in [0.2, 0.25) is 5.02 Å². The zero-order valence-electron chi connectivity index (χ0n) is 9.93. The van der Waals surface area contributed by atoms with E-state index in [-0.39, 0.29) is 27.6 Å². The maximum Gasteiger partial charge on any atom is 0.339 e. The second-order valence-electron chi connectivity index (χ2n) is 3.80. The van der Waals surface area contributed by atoms with Crippen molar-refractivity contribution >= 4 is 17.6 Å². The van der Waals surface area contributed by atoms with Gasteiger partial charge in [-0.3, -0.25) is 0 Å². The SMILES string of the molecule is N#Cc1cc(F)ccc1Oc1ccc(Cl)cc1C(=O)O. The monoisotopic (exact) mass is 291 g/mol. The van der Waals surface area contributed by atoms with E-state index in [1.54, 1.807) is 6.07 Å². The van der Waals surface area contributed by atoms with E-state index in [2.05, 4.69) is 0 Å². The molecule has 0 saturated carbocycles. The predicted octanol–water partition coefficient (Wildman–Crippen LogP) is 3.84. The minimum atomic E-state index is -1.22. The standard InChI is InChI=1S/C14H7ClFNO3/c15-9-1-3-13(11(6-9)14(18)19)20-12-4-2-10(16)5-8(12)7-17/h1-6H,(H,18,19). The molecular weight excluding hydrogens is 285 g/mol. The number of ether oxygens (including phenoxy) is 1. The highest BCUT2D eigenvalue weighted by molar-refractivity contribution is 6.31. The number of hydrogen-bond donors (Lipinski definition) is 1. The Morgan fingerprint density at radius 3 is 2.60 bits per heavy atom. The summed E-state index contributed by atoms with van der Waals surface area (Å²) in [6.45, 7) is 0. The molecule has 0 radical (unpaired) electrons. The molecule has 0 amide bonds. The van der Waals surface area contributed by atoms with Gasteiger partial charge >= 0.3 is 5.97 Å². The van der Waals surface area contributed by atoms with Crippen molar-refractivity contribution in [1.29, 1.82) is 5.26 Å². The van der Waals surface area contributed by atoms with Crippen LogP contribution >= 0.6 is 11.6 Å². The van der Waals surface area contributed by atoms with E-state index in [0.717, 1.165) is 12.1 Å². The van der Waals surface area contributed by atoms with Gasteiger partial charge in [0.25, 0.3) is 0 Å². The first kappa shape index (κ1) is 13.8. The van der Waals surface area contributed by atoms with E-state index >= 15 is 0 Å². The Bertz CT molecular complexity index is 725. The lowest BCUT2D eigenvalue weighted by molar-refractivity contribution is 0.0694. The first-order valence-electron chi connectivity index (χ1n) is 5.41. The van der Waals surface area contributed by atoms with Crippen LogP contribution in [0.1, 0.15) is 15.9 Å². The summed E-state index contributed by atoms with van der Waals surface area (Å²) in [6.07, 6.45) is 0. The number of nitrogens with zero attached hydrogens (tertiary/aromatic N) is 1. The van der Waals surface area contributed by atoms with Gasteiger partial charge in [-0.1, -0.05) is 11.6 Å². The summed E-state index contributed by atoms with van der Waals surface area (Å²) in [5, 5.41) is 18.2. The van der Waals surface area contributed by atoms with E-state index in [1.165, 1.54) is 24.3 Å². The van der Waals surface area contributed by atoms with Crippen molar-refractivity contribution in [2.24, 2.45) is 0 Å². The molecule has 6 heteroatoms. The average molecular weight is 292 g/mol. The summed E-state index contributed by atoms with van der Waals surface area (Å²) >= 11 is 5.72. The quantitative estimate of drug-likeness (QED) is 0.932. The largest absolute Gasteiger partial charge is 0.478 e. The van der Waals surface area contributed by atoms with Gasteiger partial charge in [0.15, 0.2) is 0 Å². The lowest BCUT2D eigenvalue weighted by atomic mass is 10.2.